The summed E-state index contributed by atoms with van der Waals surface area (Å²) >= 11 is 0. The van der Waals surface area contributed by atoms with E-state index in [2.05, 4.69) is 13.8 Å². The third kappa shape index (κ3) is 3.00. The Balaban J connectivity index is 2.30. The van der Waals surface area contributed by atoms with Crippen molar-refractivity contribution in [2.45, 2.75) is 58.2 Å². The second-order valence-corrected chi connectivity index (χ2v) is 6.72. The SMILES string of the molecule is Cc1cc(C(F)(F)F)ccc1C1(O)CCC(C)(C)CC1. The molecule has 1 N–H and O–H groups in total. The summed E-state index contributed by atoms with van der Waals surface area (Å²) in [6.45, 7) is 5.96. The van der Waals surface area contributed by atoms with Gasteiger partial charge in [0.1, 0.15) is 0 Å². The molecule has 1 aromatic carbocycles. The Hall–Kier alpha value is -1.03. The zero-order chi connectivity index (χ0) is 15.2. The first-order chi connectivity index (χ1) is 9.04. The molecule has 0 unspecified atom stereocenters. The molecular weight excluding hydrogens is 265 g/mol. The number of alkyl halides is 3. The number of benzene rings is 1. The predicted octanol–water partition coefficient (Wildman–Crippen LogP) is 4.80. The maximum atomic E-state index is 12.7. The van der Waals surface area contributed by atoms with Crippen molar-refractivity contribution in [2.24, 2.45) is 5.41 Å². The minimum absolute atomic E-state index is 0.200. The van der Waals surface area contributed by atoms with Gasteiger partial charge >= 0.3 is 6.18 Å². The Bertz CT molecular complexity index is 493. The van der Waals surface area contributed by atoms with Gasteiger partial charge in [-0.15, -0.1) is 0 Å². The minimum Gasteiger partial charge on any atom is -0.385 e. The van der Waals surface area contributed by atoms with E-state index in [9.17, 15) is 18.3 Å². The van der Waals surface area contributed by atoms with Crippen molar-refractivity contribution in [1.82, 2.24) is 0 Å². The molecule has 112 valence electrons. The molecule has 1 fully saturated rings. The van der Waals surface area contributed by atoms with E-state index in [0.29, 0.717) is 24.0 Å². The van der Waals surface area contributed by atoms with Crippen LogP contribution >= 0.6 is 0 Å². The zero-order valence-electron chi connectivity index (χ0n) is 12.1. The molecule has 0 bridgehead atoms. The Morgan fingerprint density at radius 2 is 1.60 bits per heavy atom. The summed E-state index contributed by atoms with van der Waals surface area (Å²) < 4.78 is 38.0. The van der Waals surface area contributed by atoms with Crippen LogP contribution in [0.5, 0.6) is 0 Å². The molecule has 1 aliphatic rings. The molecule has 0 aromatic heterocycles. The van der Waals surface area contributed by atoms with Crippen LogP contribution in [0.1, 0.15) is 56.2 Å². The van der Waals surface area contributed by atoms with Gasteiger partial charge in [-0.2, -0.15) is 13.2 Å². The Kier molecular flexibility index (Phi) is 3.66. The van der Waals surface area contributed by atoms with Gasteiger partial charge in [0.15, 0.2) is 0 Å². The molecule has 0 atom stereocenters. The molecule has 0 radical (unpaired) electrons. The van der Waals surface area contributed by atoms with Crippen molar-refractivity contribution in [1.29, 1.82) is 0 Å². The fourth-order valence-corrected chi connectivity index (χ4v) is 2.97. The van der Waals surface area contributed by atoms with Crippen LogP contribution in [0.25, 0.3) is 0 Å². The zero-order valence-corrected chi connectivity index (χ0v) is 12.1. The molecule has 4 heteroatoms. The van der Waals surface area contributed by atoms with Crippen molar-refractivity contribution in [2.75, 3.05) is 0 Å². The van der Waals surface area contributed by atoms with Crippen molar-refractivity contribution < 1.29 is 18.3 Å². The normalized spacial score (nSPS) is 21.8. The fraction of sp³-hybridized carbons (Fsp3) is 0.625. The summed E-state index contributed by atoms with van der Waals surface area (Å²) in [5, 5.41) is 10.8. The van der Waals surface area contributed by atoms with E-state index in [-0.39, 0.29) is 5.41 Å². The van der Waals surface area contributed by atoms with Crippen LogP contribution in [0.15, 0.2) is 18.2 Å². The summed E-state index contributed by atoms with van der Waals surface area (Å²) in [5.41, 5.74) is -0.281. The quantitative estimate of drug-likeness (QED) is 0.786. The first-order valence-corrected chi connectivity index (χ1v) is 6.94. The van der Waals surface area contributed by atoms with Crippen LogP contribution in [0.3, 0.4) is 0 Å². The number of aliphatic hydroxyl groups is 1. The highest BCUT2D eigenvalue weighted by molar-refractivity contribution is 5.36. The van der Waals surface area contributed by atoms with Gasteiger partial charge in [-0.3, -0.25) is 0 Å². The molecule has 1 aliphatic carbocycles. The lowest BCUT2D eigenvalue weighted by molar-refractivity contribution is -0.137. The van der Waals surface area contributed by atoms with E-state index >= 15 is 0 Å². The fourth-order valence-electron chi connectivity index (χ4n) is 2.97. The summed E-state index contributed by atoms with van der Waals surface area (Å²) in [5.74, 6) is 0. The molecule has 0 aliphatic heterocycles. The number of rotatable bonds is 1. The highest BCUT2D eigenvalue weighted by Gasteiger charge is 2.39. The molecule has 0 heterocycles. The molecule has 1 nitrogen and oxygen atoms in total. The van der Waals surface area contributed by atoms with E-state index < -0.39 is 17.3 Å². The average Bonchev–Trinajstić information content (AvgIpc) is 2.32. The van der Waals surface area contributed by atoms with Crippen LogP contribution in [-0.4, -0.2) is 5.11 Å². The van der Waals surface area contributed by atoms with Crippen LogP contribution in [0.2, 0.25) is 0 Å². The molecule has 1 saturated carbocycles. The van der Waals surface area contributed by atoms with Crippen LogP contribution < -0.4 is 0 Å². The largest absolute Gasteiger partial charge is 0.416 e. The van der Waals surface area contributed by atoms with Crippen molar-refractivity contribution >= 4 is 0 Å². The number of aryl methyl sites for hydroxylation is 1. The smallest absolute Gasteiger partial charge is 0.385 e. The molecule has 0 spiro atoms. The maximum absolute atomic E-state index is 12.7. The van der Waals surface area contributed by atoms with Gasteiger partial charge in [-0.25, -0.2) is 0 Å². The highest BCUT2D eigenvalue weighted by atomic mass is 19.4. The Morgan fingerprint density at radius 1 is 1.05 bits per heavy atom. The van der Waals surface area contributed by atoms with Crippen molar-refractivity contribution in [3.8, 4) is 0 Å². The van der Waals surface area contributed by atoms with Gasteiger partial charge in [-0.1, -0.05) is 19.9 Å². The lowest BCUT2D eigenvalue weighted by Gasteiger charge is -2.41. The van der Waals surface area contributed by atoms with Gasteiger partial charge in [-0.05, 0) is 61.3 Å². The third-order valence-corrected chi connectivity index (χ3v) is 4.49. The standard InChI is InChI=1S/C16H21F3O/c1-11-10-12(16(17,18)19)4-5-13(11)15(20)8-6-14(2,3)7-9-15/h4-5,10,20H,6-9H2,1-3H3. The Labute approximate surface area is 117 Å². The van der Waals surface area contributed by atoms with E-state index in [1.807, 2.05) is 0 Å². The number of halogens is 3. The van der Waals surface area contributed by atoms with E-state index in [1.165, 1.54) is 6.07 Å². The van der Waals surface area contributed by atoms with Crippen LogP contribution in [0, 0.1) is 12.3 Å². The second kappa shape index (κ2) is 4.76. The lowest BCUT2D eigenvalue weighted by atomic mass is 9.68. The third-order valence-electron chi connectivity index (χ3n) is 4.49. The first-order valence-electron chi connectivity index (χ1n) is 6.94. The molecule has 0 saturated heterocycles. The topological polar surface area (TPSA) is 20.2 Å². The molecule has 0 amide bonds. The maximum Gasteiger partial charge on any atom is 0.416 e. The minimum atomic E-state index is -4.33. The van der Waals surface area contributed by atoms with Gasteiger partial charge in [0.25, 0.3) is 0 Å². The Morgan fingerprint density at radius 3 is 2.05 bits per heavy atom. The van der Waals surface area contributed by atoms with Gasteiger partial charge < -0.3 is 5.11 Å². The van der Waals surface area contributed by atoms with Crippen LogP contribution in [0.4, 0.5) is 13.2 Å². The predicted molar refractivity (Wildman–Crippen MR) is 72.3 cm³/mol. The summed E-state index contributed by atoms with van der Waals surface area (Å²) in [6.07, 6.45) is -1.37. The van der Waals surface area contributed by atoms with Gasteiger partial charge in [0, 0.05) is 0 Å². The van der Waals surface area contributed by atoms with E-state index in [4.69, 9.17) is 0 Å². The lowest BCUT2D eigenvalue weighted by Crippen LogP contribution is -2.35. The van der Waals surface area contributed by atoms with Gasteiger partial charge in [0.05, 0.1) is 11.2 Å². The molecule has 2 rings (SSSR count). The summed E-state index contributed by atoms with van der Waals surface area (Å²) in [7, 11) is 0. The summed E-state index contributed by atoms with van der Waals surface area (Å²) in [4.78, 5) is 0. The average molecular weight is 286 g/mol. The van der Waals surface area contributed by atoms with Crippen molar-refractivity contribution in [3.63, 3.8) is 0 Å². The number of hydrogen-bond acceptors (Lipinski definition) is 1. The van der Waals surface area contributed by atoms with E-state index in [1.54, 1.807) is 6.92 Å². The molecule has 20 heavy (non-hydrogen) atoms. The van der Waals surface area contributed by atoms with E-state index in [0.717, 1.165) is 25.0 Å². The van der Waals surface area contributed by atoms with Crippen molar-refractivity contribution in [3.05, 3.63) is 34.9 Å². The molecule has 1 aromatic rings. The monoisotopic (exact) mass is 286 g/mol. The summed E-state index contributed by atoms with van der Waals surface area (Å²) in [6, 6.07) is 3.64. The van der Waals surface area contributed by atoms with Gasteiger partial charge in [0.2, 0.25) is 0 Å². The van der Waals surface area contributed by atoms with Crippen LogP contribution in [-0.2, 0) is 11.8 Å². The second-order valence-electron chi connectivity index (χ2n) is 6.72. The highest BCUT2D eigenvalue weighted by Crippen LogP contribution is 2.46. The first kappa shape index (κ1) is 15.4. The number of hydrogen-bond donors (Lipinski definition) is 1. The molecular formula is C16H21F3O.